The first-order valence-corrected chi connectivity index (χ1v) is 7.77. The lowest BCUT2D eigenvalue weighted by Gasteiger charge is -2.41. The fraction of sp³-hybridized carbons (Fsp3) is 0.867. The number of amides is 2. The van der Waals surface area contributed by atoms with Crippen molar-refractivity contribution in [2.75, 3.05) is 6.54 Å². The van der Waals surface area contributed by atoms with Crippen LogP contribution in [0.2, 0.25) is 0 Å². The lowest BCUT2D eigenvalue weighted by Crippen LogP contribution is -2.53. The van der Waals surface area contributed by atoms with E-state index in [2.05, 4.69) is 17.6 Å². The highest BCUT2D eigenvalue weighted by atomic mass is 16.4. The van der Waals surface area contributed by atoms with Gasteiger partial charge in [-0.15, -0.1) is 0 Å². The predicted molar refractivity (Wildman–Crippen MR) is 76.6 cm³/mol. The van der Waals surface area contributed by atoms with Gasteiger partial charge >= 0.3 is 12.0 Å². The van der Waals surface area contributed by atoms with Gasteiger partial charge in [-0.3, -0.25) is 4.79 Å². The molecule has 0 aromatic carbocycles. The molecule has 0 radical (unpaired) electrons. The Balaban J connectivity index is 1.84. The van der Waals surface area contributed by atoms with E-state index in [-0.39, 0.29) is 17.9 Å². The summed E-state index contributed by atoms with van der Waals surface area (Å²) >= 11 is 0. The van der Waals surface area contributed by atoms with Crippen LogP contribution in [0.3, 0.4) is 0 Å². The Bertz CT molecular complexity index is 366. The molecular formula is C15H26N2O3. The Hall–Kier alpha value is -1.26. The molecule has 5 heteroatoms. The van der Waals surface area contributed by atoms with Gasteiger partial charge in [0.15, 0.2) is 0 Å². The fourth-order valence-corrected chi connectivity index (χ4v) is 3.57. The third kappa shape index (κ3) is 3.44. The topological polar surface area (TPSA) is 78.4 Å². The zero-order valence-corrected chi connectivity index (χ0v) is 12.3. The summed E-state index contributed by atoms with van der Waals surface area (Å²) in [6.45, 7) is 2.88. The second-order valence-electron chi connectivity index (χ2n) is 6.57. The van der Waals surface area contributed by atoms with Gasteiger partial charge in [-0.25, -0.2) is 4.79 Å². The van der Waals surface area contributed by atoms with Crippen molar-refractivity contribution in [2.24, 2.45) is 5.41 Å². The largest absolute Gasteiger partial charge is 0.481 e. The number of hydrogen-bond acceptors (Lipinski definition) is 2. The van der Waals surface area contributed by atoms with Crippen LogP contribution in [0.25, 0.3) is 0 Å². The van der Waals surface area contributed by atoms with Crippen molar-refractivity contribution in [1.29, 1.82) is 0 Å². The first-order chi connectivity index (χ1) is 9.49. The minimum atomic E-state index is -0.837. The SMILES string of the molecule is CCC1(CNC(=O)NC2(CC(=O)O)CCCC2)CCC1. The van der Waals surface area contributed by atoms with E-state index in [1.54, 1.807) is 0 Å². The van der Waals surface area contributed by atoms with Gasteiger partial charge in [0.2, 0.25) is 0 Å². The molecule has 0 bridgehead atoms. The molecule has 0 aromatic heterocycles. The highest BCUT2D eigenvalue weighted by molar-refractivity contribution is 5.77. The van der Waals surface area contributed by atoms with Gasteiger partial charge in [-0.05, 0) is 37.5 Å². The van der Waals surface area contributed by atoms with Crippen LogP contribution >= 0.6 is 0 Å². The molecule has 0 atom stereocenters. The Morgan fingerprint density at radius 2 is 1.75 bits per heavy atom. The first-order valence-electron chi connectivity index (χ1n) is 7.77. The number of rotatable bonds is 6. The average molecular weight is 282 g/mol. The van der Waals surface area contributed by atoms with E-state index in [9.17, 15) is 9.59 Å². The molecule has 0 spiro atoms. The van der Waals surface area contributed by atoms with Crippen molar-refractivity contribution in [3.63, 3.8) is 0 Å². The summed E-state index contributed by atoms with van der Waals surface area (Å²) in [4.78, 5) is 23.1. The molecule has 2 fully saturated rings. The van der Waals surface area contributed by atoms with E-state index in [1.165, 1.54) is 19.3 Å². The molecular weight excluding hydrogens is 256 g/mol. The van der Waals surface area contributed by atoms with Crippen molar-refractivity contribution in [1.82, 2.24) is 10.6 Å². The maximum Gasteiger partial charge on any atom is 0.315 e. The molecule has 2 aliphatic carbocycles. The summed E-state index contributed by atoms with van der Waals surface area (Å²) in [5, 5.41) is 14.9. The molecule has 2 saturated carbocycles. The van der Waals surface area contributed by atoms with E-state index >= 15 is 0 Å². The first kappa shape index (κ1) is 15.1. The fourth-order valence-electron chi connectivity index (χ4n) is 3.57. The summed E-state index contributed by atoms with van der Waals surface area (Å²) in [5.74, 6) is -0.837. The summed E-state index contributed by atoms with van der Waals surface area (Å²) in [5.41, 5.74) is -0.248. The lowest BCUT2D eigenvalue weighted by atomic mass is 9.67. The highest BCUT2D eigenvalue weighted by Gasteiger charge is 2.39. The number of carboxylic acids is 1. The molecule has 0 heterocycles. The molecule has 20 heavy (non-hydrogen) atoms. The van der Waals surface area contributed by atoms with Gasteiger partial charge in [-0.2, -0.15) is 0 Å². The van der Waals surface area contributed by atoms with Gasteiger partial charge in [-0.1, -0.05) is 26.2 Å². The number of hydrogen-bond donors (Lipinski definition) is 3. The Morgan fingerprint density at radius 3 is 2.20 bits per heavy atom. The van der Waals surface area contributed by atoms with Crippen molar-refractivity contribution in [3.8, 4) is 0 Å². The molecule has 2 amide bonds. The molecule has 0 aliphatic heterocycles. The van der Waals surface area contributed by atoms with Crippen LogP contribution in [-0.2, 0) is 4.79 Å². The van der Waals surface area contributed by atoms with Gasteiger partial charge in [0.05, 0.1) is 12.0 Å². The zero-order valence-electron chi connectivity index (χ0n) is 12.3. The van der Waals surface area contributed by atoms with Gasteiger partial charge < -0.3 is 15.7 Å². The maximum absolute atomic E-state index is 12.1. The molecule has 0 saturated heterocycles. The van der Waals surface area contributed by atoms with E-state index in [0.717, 1.165) is 32.1 Å². The van der Waals surface area contributed by atoms with Crippen LogP contribution in [-0.4, -0.2) is 29.2 Å². The van der Waals surface area contributed by atoms with Crippen LogP contribution in [0, 0.1) is 5.41 Å². The van der Waals surface area contributed by atoms with Crippen molar-refractivity contribution in [3.05, 3.63) is 0 Å². The van der Waals surface area contributed by atoms with E-state index in [1.807, 2.05) is 0 Å². The Labute approximate surface area is 120 Å². The van der Waals surface area contributed by atoms with Crippen LogP contribution in [0.1, 0.15) is 64.7 Å². The predicted octanol–water partition coefficient (Wildman–Crippen LogP) is 2.65. The van der Waals surface area contributed by atoms with Crippen molar-refractivity contribution < 1.29 is 14.7 Å². The highest BCUT2D eigenvalue weighted by Crippen LogP contribution is 2.43. The van der Waals surface area contributed by atoms with E-state index in [4.69, 9.17) is 5.11 Å². The lowest BCUT2D eigenvalue weighted by molar-refractivity contribution is -0.138. The quantitative estimate of drug-likeness (QED) is 0.700. The number of urea groups is 1. The summed E-state index contributed by atoms with van der Waals surface area (Å²) in [6.07, 6.45) is 8.26. The molecule has 3 N–H and O–H groups in total. The smallest absolute Gasteiger partial charge is 0.315 e. The molecule has 5 nitrogen and oxygen atoms in total. The van der Waals surface area contributed by atoms with Gasteiger partial charge in [0.1, 0.15) is 0 Å². The van der Waals surface area contributed by atoms with Crippen LogP contribution in [0.15, 0.2) is 0 Å². The normalized spacial score (nSPS) is 22.9. The van der Waals surface area contributed by atoms with Crippen LogP contribution in [0.4, 0.5) is 4.79 Å². The number of aliphatic carboxylic acids is 1. The molecule has 114 valence electrons. The molecule has 0 unspecified atom stereocenters. The molecule has 2 aliphatic rings. The summed E-state index contributed by atoms with van der Waals surface area (Å²) in [6, 6.07) is -0.201. The minimum Gasteiger partial charge on any atom is -0.481 e. The molecule has 2 rings (SSSR count). The Kier molecular flexibility index (Phi) is 4.55. The summed E-state index contributed by atoms with van der Waals surface area (Å²) in [7, 11) is 0. The zero-order chi connectivity index (χ0) is 14.6. The third-order valence-corrected chi connectivity index (χ3v) is 5.22. The van der Waals surface area contributed by atoms with Crippen molar-refractivity contribution >= 4 is 12.0 Å². The number of carbonyl (C=O) groups is 2. The van der Waals surface area contributed by atoms with Crippen LogP contribution < -0.4 is 10.6 Å². The number of nitrogens with one attached hydrogen (secondary N) is 2. The number of carbonyl (C=O) groups excluding carboxylic acids is 1. The van der Waals surface area contributed by atoms with E-state index < -0.39 is 11.5 Å². The maximum atomic E-state index is 12.1. The minimum absolute atomic E-state index is 0.0271. The number of carboxylic acid groups (broad SMARTS) is 1. The monoisotopic (exact) mass is 282 g/mol. The van der Waals surface area contributed by atoms with Crippen LogP contribution in [0.5, 0.6) is 0 Å². The molecule has 0 aromatic rings. The second-order valence-corrected chi connectivity index (χ2v) is 6.57. The van der Waals surface area contributed by atoms with Gasteiger partial charge in [0.25, 0.3) is 0 Å². The standard InChI is InChI=1S/C15H26N2O3/c1-2-14(6-5-7-14)11-16-13(20)17-15(10-12(18)19)8-3-4-9-15/h2-11H2,1H3,(H,18,19)(H2,16,17,20). The third-order valence-electron chi connectivity index (χ3n) is 5.22. The van der Waals surface area contributed by atoms with Crippen molar-refractivity contribution in [2.45, 2.75) is 70.3 Å². The average Bonchev–Trinajstić information content (AvgIpc) is 2.75. The van der Waals surface area contributed by atoms with Gasteiger partial charge in [0, 0.05) is 6.54 Å². The Morgan fingerprint density at radius 1 is 1.10 bits per heavy atom. The van der Waals surface area contributed by atoms with E-state index in [0.29, 0.717) is 6.54 Å². The summed E-state index contributed by atoms with van der Waals surface area (Å²) < 4.78 is 0. The second kappa shape index (κ2) is 6.02.